The molecule has 0 aliphatic carbocycles. The topological polar surface area (TPSA) is 114 Å². The number of anilines is 1. The Morgan fingerprint density at radius 3 is 2.69 bits per heavy atom. The lowest BCUT2D eigenvalue weighted by molar-refractivity contribution is -0.152. The van der Waals surface area contributed by atoms with Crippen molar-refractivity contribution in [2.45, 2.75) is 39.7 Å². The fraction of sp³-hybridized carbons (Fsp3) is 0.500. The van der Waals surface area contributed by atoms with E-state index in [0.29, 0.717) is 17.9 Å². The molecule has 4 amide bonds. The molecular formula is C20H27N3O6. The number of carbonyl (C=O) groups is 4. The van der Waals surface area contributed by atoms with Crippen molar-refractivity contribution in [2.24, 2.45) is 5.92 Å². The predicted octanol–water partition coefficient (Wildman–Crippen LogP) is 1.52. The van der Waals surface area contributed by atoms with Crippen molar-refractivity contribution in [1.29, 1.82) is 0 Å². The molecule has 158 valence electrons. The number of imide groups is 1. The third-order valence-electron chi connectivity index (χ3n) is 4.67. The molecule has 0 bridgehead atoms. The standard InChI is InChI=1S/C20H27N3O6/c1-5-13(3)21-20(27)22-17(24)11-29-19(26)14-9-18(25)23(10-14)15-8-12(2)6-7-16(15)28-4/h6-8,13-14H,5,9-11H2,1-4H3,(H2,21,22,24,27)/t13-,14-/m1/s1. The van der Waals surface area contributed by atoms with Crippen LogP contribution < -0.4 is 20.3 Å². The first-order chi connectivity index (χ1) is 13.7. The fourth-order valence-corrected chi connectivity index (χ4v) is 2.89. The molecule has 9 heteroatoms. The lowest BCUT2D eigenvalue weighted by atomic mass is 10.1. The zero-order valence-corrected chi connectivity index (χ0v) is 17.1. The smallest absolute Gasteiger partial charge is 0.321 e. The molecule has 1 aromatic carbocycles. The predicted molar refractivity (Wildman–Crippen MR) is 106 cm³/mol. The highest BCUT2D eigenvalue weighted by Crippen LogP contribution is 2.34. The van der Waals surface area contributed by atoms with Crippen molar-refractivity contribution in [3.05, 3.63) is 23.8 Å². The van der Waals surface area contributed by atoms with Gasteiger partial charge in [0.2, 0.25) is 5.91 Å². The molecule has 0 aromatic heterocycles. The number of ether oxygens (including phenoxy) is 2. The summed E-state index contributed by atoms with van der Waals surface area (Å²) >= 11 is 0. The van der Waals surface area contributed by atoms with E-state index in [2.05, 4.69) is 10.6 Å². The van der Waals surface area contributed by atoms with Crippen LogP contribution in [0.2, 0.25) is 0 Å². The quantitative estimate of drug-likeness (QED) is 0.665. The normalized spacial score (nSPS) is 16.9. The van der Waals surface area contributed by atoms with Crippen LogP contribution >= 0.6 is 0 Å². The number of methoxy groups -OCH3 is 1. The van der Waals surface area contributed by atoms with Crippen molar-refractivity contribution >= 4 is 29.5 Å². The van der Waals surface area contributed by atoms with Crippen molar-refractivity contribution in [1.82, 2.24) is 10.6 Å². The van der Waals surface area contributed by atoms with E-state index in [0.717, 1.165) is 5.56 Å². The summed E-state index contributed by atoms with van der Waals surface area (Å²) in [5.41, 5.74) is 1.54. The first kappa shape index (κ1) is 22.2. The number of amides is 4. The second-order valence-corrected chi connectivity index (χ2v) is 7.02. The highest BCUT2D eigenvalue weighted by Gasteiger charge is 2.37. The lowest BCUT2D eigenvalue weighted by Gasteiger charge is -2.20. The number of aryl methyl sites for hydroxylation is 1. The Bertz CT molecular complexity index is 794. The first-order valence-corrected chi connectivity index (χ1v) is 9.47. The summed E-state index contributed by atoms with van der Waals surface area (Å²) in [5.74, 6) is -1.79. The molecule has 2 rings (SSSR count). The Kier molecular flexibility index (Phi) is 7.58. The first-order valence-electron chi connectivity index (χ1n) is 9.47. The van der Waals surface area contributed by atoms with Gasteiger partial charge in [0.15, 0.2) is 6.61 Å². The number of urea groups is 1. The molecule has 2 N–H and O–H groups in total. The second kappa shape index (κ2) is 9.90. The highest BCUT2D eigenvalue weighted by molar-refractivity contribution is 6.01. The molecular weight excluding hydrogens is 378 g/mol. The minimum Gasteiger partial charge on any atom is -0.495 e. The number of hydrogen-bond acceptors (Lipinski definition) is 6. The number of benzene rings is 1. The molecule has 0 saturated carbocycles. The maximum absolute atomic E-state index is 12.4. The van der Waals surface area contributed by atoms with Gasteiger partial charge in [-0.25, -0.2) is 4.79 Å². The zero-order valence-electron chi connectivity index (χ0n) is 17.1. The van der Waals surface area contributed by atoms with E-state index in [1.807, 2.05) is 26.0 Å². The van der Waals surface area contributed by atoms with Crippen molar-refractivity contribution in [3.63, 3.8) is 0 Å². The summed E-state index contributed by atoms with van der Waals surface area (Å²) in [5, 5.41) is 4.67. The molecule has 1 aliphatic rings. The number of hydrogen-bond donors (Lipinski definition) is 2. The molecule has 0 unspecified atom stereocenters. The van der Waals surface area contributed by atoms with Gasteiger partial charge >= 0.3 is 12.0 Å². The van der Waals surface area contributed by atoms with Gasteiger partial charge in [0.1, 0.15) is 5.75 Å². The van der Waals surface area contributed by atoms with E-state index in [1.54, 1.807) is 13.0 Å². The van der Waals surface area contributed by atoms with E-state index in [-0.39, 0.29) is 24.9 Å². The van der Waals surface area contributed by atoms with Crippen LogP contribution in [-0.2, 0) is 19.1 Å². The number of rotatable bonds is 7. The van der Waals surface area contributed by atoms with E-state index >= 15 is 0 Å². The summed E-state index contributed by atoms with van der Waals surface area (Å²) in [6.07, 6.45) is 0.695. The second-order valence-electron chi connectivity index (χ2n) is 7.02. The summed E-state index contributed by atoms with van der Waals surface area (Å²) in [6.45, 7) is 5.13. The summed E-state index contributed by atoms with van der Waals surface area (Å²) in [4.78, 5) is 49.6. The maximum Gasteiger partial charge on any atom is 0.321 e. The monoisotopic (exact) mass is 405 g/mol. The van der Waals surface area contributed by atoms with Crippen LogP contribution in [0.5, 0.6) is 5.75 Å². The van der Waals surface area contributed by atoms with Gasteiger partial charge in [-0.2, -0.15) is 0 Å². The molecule has 0 spiro atoms. The SMILES string of the molecule is CC[C@@H](C)NC(=O)NC(=O)COC(=O)[C@@H]1CC(=O)N(c2cc(C)ccc2OC)C1. The van der Waals surface area contributed by atoms with Gasteiger partial charge in [0.05, 0.1) is 18.7 Å². The summed E-state index contributed by atoms with van der Waals surface area (Å²) in [6, 6.07) is 4.71. The van der Waals surface area contributed by atoms with Gasteiger partial charge in [-0.3, -0.25) is 19.7 Å². The Labute approximate surface area is 169 Å². The molecule has 1 saturated heterocycles. The number of esters is 1. The minimum atomic E-state index is -0.735. The molecule has 1 fully saturated rings. The molecule has 1 aromatic rings. The minimum absolute atomic E-state index is 0.0218. The van der Waals surface area contributed by atoms with Crippen molar-refractivity contribution in [3.8, 4) is 5.75 Å². The molecule has 0 radical (unpaired) electrons. The van der Waals surface area contributed by atoms with Crippen molar-refractivity contribution < 1.29 is 28.7 Å². The van der Waals surface area contributed by atoms with Gasteiger partial charge in [0, 0.05) is 19.0 Å². The third-order valence-corrected chi connectivity index (χ3v) is 4.67. The number of nitrogens with one attached hydrogen (secondary N) is 2. The van der Waals surface area contributed by atoms with Crippen LogP contribution in [0.1, 0.15) is 32.3 Å². The number of carbonyl (C=O) groups excluding carboxylic acids is 4. The van der Waals surface area contributed by atoms with E-state index in [9.17, 15) is 19.2 Å². The molecule has 29 heavy (non-hydrogen) atoms. The van der Waals surface area contributed by atoms with Gasteiger partial charge in [-0.1, -0.05) is 13.0 Å². The van der Waals surface area contributed by atoms with Gasteiger partial charge in [0.25, 0.3) is 5.91 Å². The Hall–Kier alpha value is -3.10. The molecule has 2 atom stereocenters. The average molecular weight is 405 g/mol. The van der Waals surface area contributed by atoms with Crippen LogP contribution in [0.3, 0.4) is 0 Å². The maximum atomic E-state index is 12.4. The number of nitrogens with zero attached hydrogens (tertiary/aromatic N) is 1. The van der Waals surface area contributed by atoms with Crippen LogP contribution in [0.15, 0.2) is 18.2 Å². The van der Waals surface area contributed by atoms with Crippen LogP contribution in [0, 0.1) is 12.8 Å². The Morgan fingerprint density at radius 2 is 2.03 bits per heavy atom. The van der Waals surface area contributed by atoms with Gasteiger partial charge in [-0.05, 0) is 38.0 Å². The van der Waals surface area contributed by atoms with Gasteiger partial charge in [-0.15, -0.1) is 0 Å². The summed E-state index contributed by atoms with van der Waals surface area (Å²) < 4.78 is 10.3. The lowest BCUT2D eigenvalue weighted by Crippen LogP contribution is -2.44. The zero-order chi connectivity index (χ0) is 21.6. The molecule has 9 nitrogen and oxygen atoms in total. The Balaban J connectivity index is 1.90. The molecule has 1 aliphatic heterocycles. The van der Waals surface area contributed by atoms with Crippen LogP contribution in [0.25, 0.3) is 0 Å². The van der Waals surface area contributed by atoms with E-state index < -0.39 is 30.4 Å². The fourth-order valence-electron chi connectivity index (χ4n) is 2.89. The molecule has 1 heterocycles. The van der Waals surface area contributed by atoms with Crippen LogP contribution in [0.4, 0.5) is 10.5 Å². The van der Waals surface area contributed by atoms with Gasteiger partial charge < -0.3 is 19.7 Å². The third kappa shape index (κ3) is 5.94. The largest absolute Gasteiger partial charge is 0.495 e. The van der Waals surface area contributed by atoms with Crippen LogP contribution in [-0.4, -0.2) is 50.1 Å². The highest BCUT2D eigenvalue weighted by atomic mass is 16.5. The summed E-state index contributed by atoms with van der Waals surface area (Å²) in [7, 11) is 1.51. The van der Waals surface area contributed by atoms with E-state index in [4.69, 9.17) is 9.47 Å². The van der Waals surface area contributed by atoms with E-state index in [1.165, 1.54) is 12.0 Å². The Morgan fingerprint density at radius 1 is 1.31 bits per heavy atom. The average Bonchev–Trinajstić information content (AvgIpc) is 3.07. The van der Waals surface area contributed by atoms with Crippen molar-refractivity contribution in [2.75, 3.05) is 25.2 Å².